The third-order valence-corrected chi connectivity index (χ3v) is 4.03. The van der Waals surface area contributed by atoms with Gasteiger partial charge >= 0.3 is 0 Å². The van der Waals surface area contributed by atoms with E-state index in [1.54, 1.807) is 0 Å². The van der Waals surface area contributed by atoms with Gasteiger partial charge in [-0.05, 0) is 18.4 Å². The lowest BCUT2D eigenvalue weighted by atomic mass is 9.76. The molecule has 0 aromatic heterocycles. The molecule has 2 atom stereocenters. The fourth-order valence-electron chi connectivity index (χ4n) is 2.94. The maximum absolute atomic E-state index is 11.8. The normalized spacial score (nSPS) is 31.7. The largest absolute Gasteiger partial charge is 0.309 e. The molecule has 2 amide bonds. The Balaban J connectivity index is 1.72. The van der Waals surface area contributed by atoms with Crippen molar-refractivity contribution in [1.82, 2.24) is 10.6 Å². The summed E-state index contributed by atoms with van der Waals surface area (Å²) in [5, 5.41) is 5.82. The molecule has 2 N–H and O–H groups in total. The standard InChI is InChI=1S/C14H16N2O2/c17-12-8-14(13(18)16-12)7-6-11(15-9-14)10-4-2-1-3-5-10/h1-5,11,15H,6-9H2,(H,16,17,18). The highest BCUT2D eigenvalue weighted by Crippen LogP contribution is 2.39. The summed E-state index contributed by atoms with van der Waals surface area (Å²) in [5.74, 6) is -0.244. The Labute approximate surface area is 106 Å². The SMILES string of the molecule is O=C1CC2(CCC(c3ccccc3)NC2)C(=O)N1. The summed E-state index contributed by atoms with van der Waals surface area (Å²) in [6, 6.07) is 10.5. The van der Waals surface area contributed by atoms with Crippen LogP contribution in [0.3, 0.4) is 0 Å². The molecular formula is C14H16N2O2. The molecule has 2 fully saturated rings. The molecule has 3 rings (SSSR count). The first-order valence-corrected chi connectivity index (χ1v) is 6.32. The lowest BCUT2D eigenvalue weighted by molar-refractivity contribution is -0.129. The average molecular weight is 244 g/mol. The third-order valence-electron chi connectivity index (χ3n) is 4.03. The Morgan fingerprint density at radius 3 is 2.50 bits per heavy atom. The number of carbonyl (C=O) groups excluding carboxylic acids is 2. The van der Waals surface area contributed by atoms with E-state index in [-0.39, 0.29) is 11.8 Å². The lowest BCUT2D eigenvalue weighted by Crippen LogP contribution is -2.46. The van der Waals surface area contributed by atoms with Crippen molar-refractivity contribution in [2.24, 2.45) is 5.41 Å². The summed E-state index contributed by atoms with van der Waals surface area (Å²) in [6.07, 6.45) is 2.00. The van der Waals surface area contributed by atoms with Crippen LogP contribution in [0.25, 0.3) is 0 Å². The zero-order valence-electron chi connectivity index (χ0n) is 10.1. The molecule has 0 bridgehead atoms. The second kappa shape index (κ2) is 4.21. The van der Waals surface area contributed by atoms with Gasteiger partial charge < -0.3 is 5.32 Å². The summed E-state index contributed by atoms with van der Waals surface area (Å²) >= 11 is 0. The second-order valence-electron chi connectivity index (χ2n) is 5.22. The highest BCUT2D eigenvalue weighted by molar-refractivity contribution is 6.06. The van der Waals surface area contributed by atoms with E-state index >= 15 is 0 Å². The van der Waals surface area contributed by atoms with Crippen molar-refractivity contribution in [3.63, 3.8) is 0 Å². The van der Waals surface area contributed by atoms with Crippen molar-refractivity contribution in [2.75, 3.05) is 6.54 Å². The fraction of sp³-hybridized carbons (Fsp3) is 0.429. The van der Waals surface area contributed by atoms with Crippen LogP contribution in [0.15, 0.2) is 30.3 Å². The quantitative estimate of drug-likeness (QED) is 0.728. The van der Waals surface area contributed by atoms with Crippen molar-refractivity contribution < 1.29 is 9.59 Å². The molecule has 4 heteroatoms. The Kier molecular flexibility index (Phi) is 2.67. The molecule has 94 valence electrons. The number of rotatable bonds is 1. The van der Waals surface area contributed by atoms with E-state index in [0.29, 0.717) is 19.0 Å². The first-order valence-electron chi connectivity index (χ1n) is 6.32. The predicted octanol–water partition coefficient (Wildman–Crippen LogP) is 1.14. The molecule has 4 nitrogen and oxygen atoms in total. The number of amides is 2. The van der Waals surface area contributed by atoms with E-state index in [0.717, 1.165) is 12.8 Å². The molecule has 2 aliphatic rings. The van der Waals surface area contributed by atoms with Gasteiger partial charge in [0.25, 0.3) is 0 Å². The molecule has 1 aromatic rings. The smallest absolute Gasteiger partial charge is 0.234 e. The van der Waals surface area contributed by atoms with Gasteiger partial charge in [0.2, 0.25) is 11.8 Å². The molecule has 18 heavy (non-hydrogen) atoms. The van der Waals surface area contributed by atoms with E-state index in [9.17, 15) is 9.59 Å². The van der Waals surface area contributed by atoms with Crippen LogP contribution in [0.4, 0.5) is 0 Å². The minimum absolute atomic E-state index is 0.105. The van der Waals surface area contributed by atoms with Crippen LogP contribution in [-0.2, 0) is 9.59 Å². The molecule has 2 heterocycles. The minimum Gasteiger partial charge on any atom is -0.309 e. The Morgan fingerprint density at radius 1 is 1.17 bits per heavy atom. The van der Waals surface area contributed by atoms with E-state index in [1.165, 1.54) is 5.56 Å². The van der Waals surface area contributed by atoms with E-state index in [1.807, 2.05) is 18.2 Å². The van der Waals surface area contributed by atoms with E-state index in [2.05, 4.69) is 22.8 Å². The Hall–Kier alpha value is -1.68. The second-order valence-corrected chi connectivity index (χ2v) is 5.22. The zero-order valence-corrected chi connectivity index (χ0v) is 10.1. The first kappa shape index (κ1) is 11.4. The maximum atomic E-state index is 11.8. The summed E-state index contributed by atoms with van der Waals surface area (Å²) in [5.41, 5.74) is 0.750. The summed E-state index contributed by atoms with van der Waals surface area (Å²) < 4.78 is 0. The maximum Gasteiger partial charge on any atom is 0.234 e. The number of nitrogens with one attached hydrogen (secondary N) is 2. The van der Waals surface area contributed by atoms with Gasteiger partial charge in [-0.3, -0.25) is 14.9 Å². The van der Waals surface area contributed by atoms with E-state index < -0.39 is 5.41 Å². The summed E-state index contributed by atoms with van der Waals surface area (Å²) in [4.78, 5) is 23.2. The van der Waals surface area contributed by atoms with Crippen LogP contribution < -0.4 is 10.6 Å². The van der Waals surface area contributed by atoms with Crippen molar-refractivity contribution in [1.29, 1.82) is 0 Å². The van der Waals surface area contributed by atoms with Gasteiger partial charge in [-0.1, -0.05) is 30.3 Å². The summed E-state index contributed by atoms with van der Waals surface area (Å²) in [6.45, 7) is 0.587. The van der Waals surface area contributed by atoms with Crippen LogP contribution in [0, 0.1) is 5.41 Å². The number of imide groups is 1. The molecule has 1 aromatic carbocycles. The molecule has 2 aliphatic heterocycles. The Morgan fingerprint density at radius 2 is 1.94 bits per heavy atom. The van der Waals surface area contributed by atoms with Crippen LogP contribution in [-0.4, -0.2) is 18.4 Å². The topological polar surface area (TPSA) is 58.2 Å². The molecule has 2 unspecified atom stereocenters. The van der Waals surface area contributed by atoms with Crippen molar-refractivity contribution in [3.05, 3.63) is 35.9 Å². The van der Waals surface area contributed by atoms with Gasteiger partial charge in [0.05, 0.1) is 5.41 Å². The third kappa shape index (κ3) is 1.82. The number of benzene rings is 1. The predicted molar refractivity (Wildman–Crippen MR) is 66.6 cm³/mol. The number of carbonyl (C=O) groups is 2. The minimum atomic E-state index is -0.498. The average Bonchev–Trinajstić information content (AvgIpc) is 2.66. The first-order chi connectivity index (χ1) is 8.70. The van der Waals surface area contributed by atoms with Gasteiger partial charge in [0.15, 0.2) is 0 Å². The number of piperidine rings is 1. The van der Waals surface area contributed by atoms with Crippen molar-refractivity contribution in [3.8, 4) is 0 Å². The molecule has 1 spiro atoms. The van der Waals surface area contributed by atoms with Gasteiger partial charge in [0, 0.05) is 19.0 Å². The van der Waals surface area contributed by atoms with Gasteiger partial charge in [0.1, 0.15) is 0 Å². The lowest BCUT2D eigenvalue weighted by Gasteiger charge is -2.35. The van der Waals surface area contributed by atoms with Crippen LogP contribution in [0.5, 0.6) is 0 Å². The molecule has 2 saturated heterocycles. The highest BCUT2D eigenvalue weighted by atomic mass is 16.2. The van der Waals surface area contributed by atoms with E-state index in [4.69, 9.17) is 0 Å². The number of hydrogen-bond donors (Lipinski definition) is 2. The van der Waals surface area contributed by atoms with Gasteiger partial charge in [-0.25, -0.2) is 0 Å². The van der Waals surface area contributed by atoms with Crippen LogP contribution in [0.1, 0.15) is 30.9 Å². The molecule has 0 aliphatic carbocycles. The van der Waals surface area contributed by atoms with Gasteiger partial charge in [-0.15, -0.1) is 0 Å². The van der Waals surface area contributed by atoms with Crippen molar-refractivity contribution in [2.45, 2.75) is 25.3 Å². The van der Waals surface area contributed by atoms with Gasteiger partial charge in [-0.2, -0.15) is 0 Å². The fourth-order valence-corrected chi connectivity index (χ4v) is 2.94. The molecule has 0 radical (unpaired) electrons. The molecular weight excluding hydrogens is 228 g/mol. The Bertz CT molecular complexity index is 476. The van der Waals surface area contributed by atoms with Crippen molar-refractivity contribution >= 4 is 11.8 Å². The summed E-state index contributed by atoms with van der Waals surface area (Å²) in [7, 11) is 0. The molecule has 0 saturated carbocycles. The monoisotopic (exact) mass is 244 g/mol. The van der Waals surface area contributed by atoms with Crippen LogP contribution in [0.2, 0.25) is 0 Å². The highest BCUT2D eigenvalue weighted by Gasteiger charge is 2.48. The van der Waals surface area contributed by atoms with Crippen LogP contribution >= 0.6 is 0 Å². The zero-order chi connectivity index (χ0) is 12.6. The number of hydrogen-bond acceptors (Lipinski definition) is 3.